The summed E-state index contributed by atoms with van der Waals surface area (Å²) in [4.78, 5) is 11.9. The molecule has 1 unspecified atom stereocenters. The smallest absolute Gasteiger partial charge is 0.227 e. The third-order valence-electron chi connectivity index (χ3n) is 3.91. The van der Waals surface area contributed by atoms with Crippen molar-refractivity contribution in [2.75, 3.05) is 11.1 Å². The van der Waals surface area contributed by atoms with Gasteiger partial charge in [0.25, 0.3) is 0 Å². The van der Waals surface area contributed by atoms with Gasteiger partial charge < -0.3 is 17.2 Å². The number of nitrogens with two attached hydrogens (primary N) is 1. The summed E-state index contributed by atoms with van der Waals surface area (Å²) in [6.45, 7) is 4.12. The van der Waals surface area contributed by atoms with Crippen LogP contribution in [-0.4, -0.2) is 11.8 Å². The first kappa shape index (κ1) is 17.8. The molecule has 0 saturated heterocycles. The molecule has 0 amide bonds. The normalized spacial score (nSPS) is 13.6. The van der Waals surface area contributed by atoms with Gasteiger partial charge >= 0.3 is 0 Å². The van der Waals surface area contributed by atoms with Crippen molar-refractivity contribution in [3.63, 3.8) is 0 Å². The number of hydrogen-bond donors (Lipinski definition) is 3. The number of carbonyl (C=O) groups is 1. The van der Waals surface area contributed by atoms with Gasteiger partial charge in [0, 0.05) is 0 Å². The summed E-state index contributed by atoms with van der Waals surface area (Å²) in [5, 5.41) is 3.20. The molecule has 1 aromatic carbocycles. The number of nitrogen functional groups attached to an aromatic ring is 1. The lowest BCUT2D eigenvalue weighted by atomic mass is 10.0. The molecule has 118 valence electrons. The fourth-order valence-electron chi connectivity index (χ4n) is 2.40. The fraction of sp³-hybridized carbons (Fsp3) is 0.389. The lowest BCUT2D eigenvalue weighted by molar-refractivity contribution is -0.114. The highest BCUT2D eigenvalue weighted by atomic mass is 16.1. The van der Waals surface area contributed by atoms with E-state index in [-0.39, 0.29) is 18.0 Å². The number of anilines is 2. The van der Waals surface area contributed by atoms with Crippen LogP contribution in [0.4, 0.5) is 11.4 Å². The van der Waals surface area contributed by atoms with Gasteiger partial charge in [0.05, 0.1) is 17.4 Å². The molecule has 0 radical (unpaired) electrons. The van der Waals surface area contributed by atoms with Crippen LogP contribution < -0.4 is 17.2 Å². The van der Waals surface area contributed by atoms with Crippen LogP contribution in [0.2, 0.25) is 0 Å². The largest absolute Gasteiger partial charge is 0.397 e. The Kier molecular flexibility index (Phi) is 6.21. The molecule has 1 saturated carbocycles. The molecule has 0 spiro atoms. The molecule has 1 aromatic rings. The van der Waals surface area contributed by atoms with E-state index < -0.39 is 0 Å². The van der Waals surface area contributed by atoms with Crippen LogP contribution >= 0.6 is 0 Å². The molecule has 1 aliphatic rings. The van der Waals surface area contributed by atoms with Gasteiger partial charge in [-0.05, 0) is 63.1 Å². The van der Waals surface area contributed by atoms with Crippen LogP contribution in [0.3, 0.4) is 0 Å². The molecule has 2 rings (SSSR count). The maximum atomic E-state index is 11.9. The highest BCUT2D eigenvalue weighted by Crippen LogP contribution is 2.33. The molecule has 4 nitrogen and oxygen atoms in total. The van der Waals surface area contributed by atoms with Gasteiger partial charge in [-0.3, -0.25) is 4.79 Å². The minimum absolute atomic E-state index is 0. The zero-order valence-corrected chi connectivity index (χ0v) is 13.4. The van der Waals surface area contributed by atoms with Gasteiger partial charge in [-0.25, -0.2) is 0 Å². The van der Waals surface area contributed by atoms with Gasteiger partial charge in [0.15, 0.2) is 0 Å². The summed E-state index contributed by atoms with van der Waals surface area (Å²) in [5.74, 6) is 2.01. The van der Waals surface area contributed by atoms with Gasteiger partial charge in [-0.1, -0.05) is 17.2 Å². The molecule has 0 bridgehead atoms. The topological polar surface area (TPSA) is 90.1 Å². The third-order valence-corrected chi connectivity index (χ3v) is 3.91. The first-order valence-corrected chi connectivity index (χ1v) is 7.32. The predicted octanol–water partition coefficient (Wildman–Crippen LogP) is 3.61. The third kappa shape index (κ3) is 4.64. The summed E-state index contributed by atoms with van der Waals surface area (Å²) in [6, 6.07) is 5.37. The van der Waals surface area contributed by atoms with Gasteiger partial charge in [-0.2, -0.15) is 0 Å². The highest BCUT2D eigenvalue weighted by Gasteiger charge is 2.20. The van der Waals surface area contributed by atoms with Gasteiger partial charge in [0.1, 0.15) is 0 Å². The van der Waals surface area contributed by atoms with Crippen molar-refractivity contribution in [2.24, 2.45) is 0 Å². The van der Waals surface area contributed by atoms with Gasteiger partial charge in [-0.15, -0.1) is 6.42 Å². The molecule has 4 heteroatoms. The van der Waals surface area contributed by atoms with Crippen LogP contribution in [0.1, 0.15) is 38.2 Å². The van der Waals surface area contributed by atoms with Crippen molar-refractivity contribution in [3.8, 4) is 12.3 Å². The van der Waals surface area contributed by atoms with Crippen molar-refractivity contribution >= 4 is 17.2 Å². The molecule has 0 aliphatic heterocycles. The Morgan fingerprint density at radius 2 is 2.14 bits per heavy atom. The number of aryl methyl sites for hydroxylation is 1. The van der Waals surface area contributed by atoms with E-state index in [0.29, 0.717) is 12.1 Å². The maximum Gasteiger partial charge on any atom is 0.227 e. The highest BCUT2D eigenvalue weighted by molar-refractivity contribution is 6.01. The number of ketones is 1. The lowest BCUT2D eigenvalue weighted by Crippen LogP contribution is -2.29. The fourth-order valence-corrected chi connectivity index (χ4v) is 2.40. The van der Waals surface area contributed by atoms with E-state index in [1.807, 2.05) is 25.1 Å². The molecule has 1 atom stereocenters. The standard InChI is InChI=1S/C18H22N2O.H3N/c1-4-18(21)17(10-6-13(3)14-7-8-14)20-16-9-5-12(2)11-15(16)19;/h1,5,9,11,17,20H,6-8,10,19H2,2-3H3;1H3. The van der Waals surface area contributed by atoms with Crippen LogP contribution in [0, 0.1) is 19.3 Å². The number of carbonyl (C=O) groups excluding carboxylic acids is 1. The number of terminal acetylenes is 1. The average molecular weight is 299 g/mol. The maximum absolute atomic E-state index is 11.9. The Bertz CT molecular complexity index is 620. The van der Waals surface area contributed by atoms with E-state index in [2.05, 4.69) is 18.2 Å². The first-order valence-electron chi connectivity index (χ1n) is 7.32. The number of benzene rings is 1. The minimum atomic E-state index is -0.380. The van der Waals surface area contributed by atoms with E-state index in [1.165, 1.54) is 24.0 Å². The monoisotopic (exact) mass is 299 g/mol. The number of nitrogens with one attached hydrogen (secondary N) is 1. The molecule has 0 aromatic heterocycles. The van der Waals surface area contributed by atoms with Crippen LogP contribution in [-0.2, 0) is 4.79 Å². The van der Waals surface area contributed by atoms with E-state index in [0.717, 1.165) is 17.7 Å². The zero-order chi connectivity index (χ0) is 15.4. The Labute approximate surface area is 132 Å². The molecule has 22 heavy (non-hydrogen) atoms. The lowest BCUT2D eigenvalue weighted by Gasteiger charge is -2.18. The Morgan fingerprint density at radius 1 is 1.45 bits per heavy atom. The second-order valence-corrected chi connectivity index (χ2v) is 5.72. The van der Waals surface area contributed by atoms with Crippen molar-refractivity contribution in [2.45, 2.75) is 45.6 Å². The summed E-state index contributed by atoms with van der Waals surface area (Å²) >= 11 is 0. The second-order valence-electron chi connectivity index (χ2n) is 5.72. The Balaban J connectivity index is 0.00000242. The molecular formula is C18H25N3O. The number of allylic oxidation sites excluding steroid dienone is 2. The van der Waals surface area contributed by atoms with Crippen LogP contribution in [0.15, 0.2) is 29.3 Å². The number of Topliss-reactive ketones (excluding diaryl/α,β-unsaturated/α-hetero) is 1. The van der Waals surface area contributed by atoms with Crippen molar-refractivity contribution in [1.29, 1.82) is 0 Å². The van der Waals surface area contributed by atoms with Crippen molar-refractivity contribution < 1.29 is 4.79 Å². The van der Waals surface area contributed by atoms with E-state index in [4.69, 9.17) is 12.2 Å². The average Bonchev–Trinajstić information content (AvgIpc) is 3.29. The van der Waals surface area contributed by atoms with Gasteiger partial charge in [0.2, 0.25) is 5.78 Å². The SMILES string of the molecule is C#CC(=O)C(CCC(C)=C1CC1)Nc1ccc(C)cc1N.N. The summed E-state index contributed by atoms with van der Waals surface area (Å²) < 4.78 is 0. The van der Waals surface area contributed by atoms with Crippen molar-refractivity contribution in [3.05, 3.63) is 34.9 Å². The van der Waals surface area contributed by atoms with Crippen LogP contribution in [0.5, 0.6) is 0 Å². The van der Waals surface area contributed by atoms with E-state index in [9.17, 15) is 4.79 Å². The second kappa shape index (κ2) is 7.67. The summed E-state index contributed by atoms with van der Waals surface area (Å²) in [7, 11) is 0. The van der Waals surface area contributed by atoms with Crippen LogP contribution in [0.25, 0.3) is 0 Å². The van der Waals surface area contributed by atoms with E-state index in [1.54, 1.807) is 0 Å². The Hall–Kier alpha value is -2.25. The van der Waals surface area contributed by atoms with Crippen molar-refractivity contribution in [1.82, 2.24) is 6.15 Å². The molecular weight excluding hydrogens is 274 g/mol. The Morgan fingerprint density at radius 3 is 2.68 bits per heavy atom. The number of rotatable bonds is 6. The molecule has 6 N–H and O–H groups in total. The summed E-state index contributed by atoms with van der Waals surface area (Å²) in [5.41, 5.74) is 11.4. The quantitative estimate of drug-likeness (QED) is 0.324. The summed E-state index contributed by atoms with van der Waals surface area (Å²) in [6.07, 6.45) is 9.29. The first-order chi connectivity index (χ1) is 10.0. The zero-order valence-electron chi connectivity index (χ0n) is 13.4. The predicted molar refractivity (Wildman–Crippen MR) is 93.0 cm³/mol. The molecule has 0 heterocycles. The molecule has 1 aliphatic carbocycles. The number of hydrogen-bond acceptors (Lipinski definition) is 4. The minimum Gasteiger partial charge on any atom is -0.397 e. The van der Waals surface area contributed by atoms with E-state index >= 15 is 0 Å². The molecule has 1 fully saturated rings.